The number of amides is 2. The molecule has 0 aromatic heterocycles. The standard InChI is InChI=1S/C13H17FN2O3/c1-2-19-13(18)16-9-12(17)15-8-7-10-3-5-11(14)6-4-10/h3-6H,2,7-9H2,1H3,(H,15,17)(H,16,18). The summed E-state index contributed by atoms with van der Waals surface area (Å²) >= 11 is 0. The van der Waals surface area contributed by atoms with Gasteiger partial charge in [-0.1, -0.05) is 12.1 Å². The van der Waals surface area contributed by atoms with Crippen molar-refractivity contribution in [2.45, 2.75) is 13.3 Å². The molecule has 0 spiro atoms. The van der Waals surface area contributed by atoms with E-state index in [1.807, 2.05) is 0 Å². The number of nitrogens with one attached hydrogen (secondary N) is 2. The minimum absolute atomic E-state index is 0.123. The summed E-state index contributed by atoms with van der Waals surface area (Å²) in [4.78, 5) is 22.3. The summed E-state index contributed by atoms with van der Waals surface area (Å²) in [7, 11) is 0. The molecule has 0 saturated carbocycles. The van der Waals surface area contributed by atoms with E-state index in [0.717, 1.165) is 5.56 Å². The fourth-order valence-electron chi connectivity index (χ4n) is 1.39. The lowest BCUT2D eigenvalue weighted by Crippen LogP contribution is -2.37. The second kappa shape index (κ2) is 8.07. The van der Waals surface area contributed by atoms with Crippen molar-refractivity contribution in [1.29, 1.82) is 0 Å². The van der Waals surface area contributed by atoms with Gasteiger partial charge < -0.3 is 15.4 Å². The molecule has 0 atom stereocenters. The lowest BCUT2D eigenvalue weighted by Gasteiger charge is -2.07. The molecule has 0 fully saturated rings. The second-order valence-corrected chi connectivity index (χ2v) is 3.80. The molecule has 0 aliphatic carbocycles. The average molecular weight is 268 g/mol. The van der Waals surface area contributed by atoms with Crippen LogP contribution in [0.4, 0.5) is 9.18 Å². The molecule has 0 aliphatic rings. The van der Waals surface area contributed by atoms with Crippen LogP contribution < -0.4 is 10.6 Å². The number of carbonyl (C=O) groups is 2. The lowest BCUT2D eigenvalue weighted by atomic mass is 10.1. The minimum atomic E-state index is -0.615. The molecule has 1 rings (SSSR count). The Morgan fingerprint density at radius 2 is 1.89 bits per heavy atom. The third-order valence-electron chi connectivity index (χ3n) is 2.32. The van der Waals surface area contributed by atoms with Crippen molar-refractivity contribution < 1.29 is 18.7 Å². The van der Waals surface area contributed by atoms with Crippen LogP contribution in [0, 0.1) is 5.82 Å². The first kappa shape index (κ1) is 14.9. The van der Waals surface area contributed by atoms with Gasteiger partial charge in [-0.05, 0) is 31.0 Å². The Hall–Kier alpha value is -2.11. The van der Waals surface area contributed by atoms with Crippen molar-refractivity contribution in [2.75, 3.05) is 19.7 Å². The highest BCUT2D eigenvalue weighted by atomic mass is 19.1. The maximum Gasteiger partial charge on any atom is 0.407 e. The number of rotatable bonds is 6. The van der Waals surface area contributed by atoms with Gasteiger partial charge in [-0.25, -0.2) is 9.18 Å². The zero-order chi connectivity index (χ0) is 14.1. The first-order chi connectivity index (χ1) is 9.11. The molecule has 104 valence electrons. The highest BCUT2D eigenvalue weighted by Gasteiger charge is 2.04. The number of hydrogen-bond acceptors (Lipinski definition) is 3. The zero-order valence-electron chi connectivity index (χ0n) is 10.7. The Morgan fingerprint density at radius 1 is 1.21 bits per heavy atom. The van der Waals surface area contributed by atoms with E-state index in [9.17, 15) is 14.0 Å². The smallest absolute Gasteiger partial charge is 0.407 e. The number of ether oxygens (including phenoxy) is 1. The predicted molar refractivity (Wildman–Crippen MR) is 68.1 cm³/mol. The summed E-state index contributed by atoms with van der Waals surface area (Å²) in [6, 6.07) is 6.08. The van der Waals surface area contributed by atoms with E-state index >= 15 is 0 Å². The van der Waals surface area contributed by atoms with Gasteiger partial charge in [0.15, 0.2) is 0 Å². The quantitative estimate of drug-likeness (QED) is 0.815. The zero-order valence-corrected chi connectivity index (χ0v) is 10.7. The van der Waals surface area contributed by atoms with Crippen LogP contribution >= 0.6 is 0 Å². The molecule has 0 saturated heterocycles. The van der Waals surface area contributed by atoms with Gasteiger partial charge in [0, 0.05) is 6.54 Å². The fourth-order valence-corrected chi connectivity index (χ4v) is 1.39. The summed E-state index contributed by atoms with van der Waals surface area (Å²) in [6.07, 6.45) is -0.0120. The van der Waals surface area contributed by atoms with Crippen molar-refractivity contribution >= 4 is 12.0 Å². The average Bonchev–Trinajstić information content (AvgIpc) is 2.39. The van der Waals surface area contributed by atoms with Crippen molar-refractivity contribution in [3.63, 3.8) is 0 Å². The van der Waals surface area contributed by atoms with E-state index < -0.39 is 6.09 Å². The van der Waals surface area contributed by atoms with Gasteiger partial charge in [0.2, 0.25) is 5.91 Å². The summed E-state index contributed by atoms with van der Waals surface area (Å²) in [5, 5.41) is 4.96. The lowest BCUT2D eigenvalue weighted by molar-refractivity contribution is -0.120. The molecule has 5 nitrogen and oxygen atoms in total. The van der Waals surface area contributed by atoms with E-state index in [0.29, 0.717) is 13.0 Å². The molecule has 0 heterocycles. The Kier molecular flexibility index (Phi) is 6.35. The Labute approximate surface area is 111 Å². The number of halogens is 1. The number of alkyl carbamates (subject to hydrolysis) is 1. The van der Waals surface area contributed by atoms with Crippen molar-refractivity contribution in [3.05, 3.63) is 35.6 Å². The van der Waals surface area contributed by atoms with Gasteiger partial charge in [0.1, 0.15) is 5.82 Å². The summed E-state index contributed by atoms with van der Waals surface area (Å²) in [6.45, 7) is 2.25. The number of benzene rings is 1. The molecule has 2 N–H and O–H groups in total. The minimum Gasteiger partial charge on any atom is -0.450 e. The van der Waals surface area contributed by atoms with Crippen LogP contribution in [0.25, 0.3) is 0 Å². The van der Waals surface area contributed by atoms with E-state index in [-0.39, 0.29) is 24.9 Å². The van der Waals surface area contributed by atoms with E-state index in [1.165, 1.54) is 12.1 Å². The maximum atomic E-state index is 12.7. The Balaban J connectivity index is 2.16. The van der Waals surface area contributed by atoms with Crippen LogP contribution in [0.5, 0.6) is 0 Å². The summed E-state index contributed by atoms with van der Waals surface area (Å²) in [5.41, 5.74) is 0.931. The van der Waals surface area contributed by atoms with E-state index in [2.05, 4.69) is 15.4 Å². The third kappa shape index (κ3) is 6.40. The van der Waals surface area contributed by atoms with E-state index in [4.69, 9.17) is 0 Å². The first-order valence-corrected chi connectivity index (χ1v) is 6.03. The van der Waals surface area contributed by atoms with Crippen LogP contribution in [0.1, 0.15) is 12.5 Å². The van der Waals surface area contributed by atoms with Gasteiger partial charge in [0.05, 0.1) is 13.2 Å². The normalized spacial score (nSPS) is 9.79. The molecule has 0 aliphatic heterocycles. The molecule has 0 bridgehead atoms. The maximum absolute atomic E-state index is 12.7. The van der Waals surface area contributed by atoms with Crippen LogP contribution in [0.2, 0.25) is 0 Å². The molecule has 1 aromatic carbocycles. The molecular weight excluding hydrogens is 251 g/mol. The van der Waals surface area contributed by atoms with Crippen molar-refractivity contribution in [2.24, 2.45) is 0 Å². The van der Waals surface area contributed by atoms with Crippen LogP contribution in [-0.2, 0) is 16.0 Å². The highest BCUT2D eigenvalue weighted by molar-refractivity contribution is 5.82. The first-order valence-electron chi connectivity index (χ1n) is 6.03. The second-order valence-electron chi connectivity index (χ2n) is 3.80. The van der Waals surface area contributed by atoms with Gasteiger partial charge in [-0.15, -0.1) is 0 Å². The molecule has 1 aromatic rings. The molecule has 0 radical (unpaired) electrons. The summed E-state index contributed by atoms with van der Waals surface area (Å²) in [5.74, 6) is -0.582. The van der Waals surface area contributed by atoms with Gasteiger partial charge in [-0.3, -0.25) is 4.79 Å². The van der Waals surface area contributed by atoms with Crippen LogP contribution in [0.15, 0.2) is 24.3 Å². The monoisotopic (exact) mass is 268 g/mol. The largest absolute Gasteiger partial charge is 0.450 e. The molecule has 19 heavy (non-hydrogen) atoms. The van der Waals surface area contributed by atoms with Crippen LogP contribution in [0.3, 0.4) is 0 Å². The molecule has 6 heteroatoms. The predicted octanol–water partition coefficient (Wildman–Crippen LogP) is 1.23. The highest BCUT2D eigenvalue weighted by Crippen LogP contribution is 2.02. The Morgan fingerprint density at radius 3 is 2.53 bits per heavy atom. The van der Waals surface area contributed by atoms with Gasteiger partial charge >= 0.3 is 6.09 Å². The number of hydrogen-bond donors (Lipinski definition) is 2. The molecular formula is C13H17FN2O3. The molecule has 2 amide bonds. The van der Waals surface area contributed by atoms with E-state index in [1.54, 1.807) is 19.1 Å². The Bertz CT molecular complexity index is 420. The number of carbonyl (C=O) groups excluding carboxylic acids is 2. The summed E-state index contributed by atoms with van der Waals surface area (Å²) < 4.78 is 17.3. The topological polar surface area (TPSA) is 67.4 Å². The van der Waals surface area contributed by atoms with Crippen molar-refractivity contribution in [1.82, 2.24) is 10.6 Å². The molecule has 0 unspecified atom stereocenters. The third-order valence-corrected chi connectivity index (χ3v) is 2.32. The van der Waals surface area contributed by atoms with Gasteiger partial charge in [0.25, 0.3) is 0 Å². The van der Waals surface area contributed by atoms with Crippen molar-refractivity contribution in [3.8, 4) is 0 Å². The van der Waals surface area contributed by atoms with Crippen LogP contribution in [-0.4, -0.2) is 31.7 Å². The van der Waals surface area contributed by atoms with Gasteiger partial charge in [-0.2, -0.15) is 0 Å². The fraction of sp³-hybridized carbons (Fsp3) is 0.385. The SMILES string of the molecule is CCOC(=O)NCC(=O)NCCc1ccc(F)cc1.